The van der Waals surface area contributed by atoms with Crippen molar-refractivity contribution in [3.63, 3.8) is 0 Å². The van der Waals surface area contributed by atoms with Crippen molar-refractivity contribution in [2.45, 2.75) is 19.1 Å². The number of rotatable bonds is 6. The van der Waals surface area contributed by atoms with Crippen molar-refractivity contribution >= 4 is 35.1 Å². The zero-order valence-electron chi connectivity index (χ0n) is 14.8. The maximum absolute atomic E-state index is 12.5. The first kappa shape index (κ1) is 19.2. The van der Waals surface area contributed by atoms with Crippen molar-refractivity contribution in [2.24, 2.45) is 0 Å². The lowest BCUT2D eigenvalue weighted by Crippen LogP contribution is -2.07. The van der Waals surface area contributed by atoms with Crippen molar-refractivity contribution < 1.29 is 18.7 Å². The van der Waals surface area contributed by atoms with Crippen LogP contribution >= 0.6 is 23.4 Å². The number of halogens is 1. The van der Waals surface area contributed by atoms with Crippen molar-refractivity contribution in [3.8, 4) is 11.5 Å². The Labute approximate surface area is 164 Å². The number of Topliss-reactive ketones (excluding diaryl/α,β-unsaturated/α-hetero) is 1. The van der Waals surface area contributed by atoms with Crippen molar-refractivity contribution in [1.82, 2.24) is 15.2 Å². The molecule has 0 amide bonds. The maximum atomic E-state index is 12.5. The number of thioether (sulfide) groups is 1. The predicted octanol–water partition coefficient (Wildman–Crippen LogP) is 4.10. The summed E-state index contributed by atoms with van der Waals surface area (Å²) in [5, 5.41) is 8.81. The number of nitrogens with zero attached hydrogens (tertiary/aromatic N) is 2. The van der Waals surface area contributed by atoms with Gasteiger partial charge in [0.2, 0.25) is 5.89 Å². The lowest BCUT2D eigenvalue weighted by Gasteiger charge is -2.00. The summed E-state index contributed by atoms with van der Waals surface area (Å²) in [6, 6.07) is 7.00. The van der Waals surface area contributed by atoms with Gasteiger partial charge in [0.15, 0.2) is 5.78 Å². The lowest BCUT2D eigenvalue weighted by atomic mass is 10.1. The van der Waals surface area contributed by atoms with Gasteiger partial charge in [0.05, 0.1) is 24.1 Å². The van der Waals surface area contributed by atoms with Crippen LogP contribution in [0.5, 0.6) is 0 Å². The van der Waals surface area contributed by atoms with Crippen LogP contribution in [0, 0.1) is 13.8 Å². The van der Waals surface area contributed by atoms with Crippen molar-refractivity contribution in [3.05, 3.63) is 51.8 Å². The summed E-state index contributed by atoms with van der Waals surface area (Å²) < 4.78 is 10.3. The number of aromatic amines is 1. The molecule has 2 heterocycles. The molecular weight excluding hydrogens is 390 g/mol. The second-order valence-electron chi connectivity index (χ2n) is 5.71. The molecule has 140 valence electrons. The Hall–Kier alpha value is -2.58. The number of ketones is 1. The lowest BCUT2D eigenvalue weighted by molar-refractivity contribution is 0.0599. The van der Waals surface area contributed by atoms with Crippen LogP contribution in [-0.2, 0) is 4.74 Å². The SMILES string of the molecule is COC(=O)c1c(C)[nH]c(C(=O)CSc2nnc(-c3ccc(Cl)cc3)o2)c1C. The normalized spacial score (nSPS) is 10.8. The van der Waals surface area contributed by atoms with E-state index in [9.17, 15) is 9.59 Å². The molecule has 0 saturated heterocycles. The van der Waals surface area contributed by atoms with Gasteiger partial charge in [-0.1, -0.05) is 23.4 Å². The molecule has 0 saturated carbocycles. The van der Waals surface area contributed by atoms with Crippen LogP contribution in [0.15, 0.2) is 33.9 Å². The fraction of sp³-hybridized carbons (Fsp3) is 0.222. The Kier molecular flexibility index (Phi) is 5.67. The molecule has 0 radical (unpaired) electrons. The third-order valence-corrected chi connectivity index (χ3v) is 5.00. The molecule has 0 fully saturated rings. The summed E-state index contributed by atoms with van der Waals surface area (Å²) in [5.74, 6) is -0.218. The van der Waals surface area contributed by atoms with Gasteiger partial charge in [-0.05, 0) is 43.7 Å². The van der Waals surface area contributed by atoms with Crippen LogP contribution in [0.4, 0.5) is 0 Å². The van der Waals surface area contributed by atoms with Crippen LogP contribution in [0.25, 0.3) is 11.5 Å². The second-order valence-corrected chi connectivity index (χ2v) is 7.07. The van der Waals surface area contributed by atoms with Gasteiger partial charge < -0.3 is 14.1 Å². The number of aryl methyl sites for hydroxylation is 1. The van der Waals surface area contributed by atoms with E-state index < -0.39 is 5.97 Å². The van der Waals surface area contributed by atoms with Crippen LogP contribution in [0.2, 0.25) is 5.02 Å². The van der Waals surface area contributed by atoms with Gasteiger partial charge >= 0.3 is 5.97 Å². The summed E-state index contributed by atoms with van der Waals surface area (Å²) in [6.07, 6.45) is 0. The fourth-order valence-electron chi connectivity index (χ4n) is 2.61. The summed E-state index contributed by atoms with van der Waals surface area (Å²) >= 11 is 6.99. The molecule has 1 aromatic carbocycles. The van der Waals surface area contributed by atoms with Gasteiger partial charge in [0, 0.05) is 16.3 Å². The predicted molar refractivity (Wildman–Crippen MR) is 101 cm³/mol. The third-order valence-electron chi connectivity index (χ3n) is 3.93. The number of hydrogen-bond donors (Lipinski definition) is 1. The van der Waals surface area contributed by atoms with Gasteiger partial charge in [-0.2, -0.15) is 0 Å². The number of ether oxygens (including phenoxy) is 1. The highest BCUT2D eigenvalue weighted by molar-refractivity contribution is 7.99. The van der Waals surface area contributed by atoms with Gasteiger partial charge in [0.1, 0.15) is 0 Å². The number of methoxy groups -OCH3 is 1. The Morgan fingerprint density at radius 1 is 1.22 bits per heavy atom. The summed E-state index contributed by atoms with van der Waals surface area (Å²) in [7, 11) is 1.30. The Morgan fingerprint density at radius 3 is 2.59 bits per heavy atom. The number of nitrogens with one attached hydrogen (secondary N) is 1. The summed E-state index contributed by atoms with van der Waals surface area (Å²) in [4.78, 5) is 27.3. The van der Waals surface area contributed by atoms with E-state index in [2.05, 4.69) is 15.2 Å². The number of aromatic nitrogens is 3. The molecule has 7 nitrogen and oxygen atoms in total. The first-order valence-corrected chi connectivity index (χ1v) is 9.30. The van der Waals surface area contributed by atoms with Crippen LogP contribution in [0.3, 0.4) is 0 Å². The molecule has 3 rings (SSSR count). The molecule has 0 atom stereocenters. The minimum absolute atomic E-state index is 0.0870. The molecule has 0 unspecified atom stereocenters. The van der Waals surface area contributed by atoms with E-state index in [0.29, 0.717) is 33.4 Å². The minimum Gasteiger partial charge on any atom is -0.465 e. The van der Waals surface area contributed by atoms with Crippen molar-refractivity contribution in [2.75, 3.05) is 12.9 Å². The molecule has 0 aliphatic heterocycles. The molecular formula is C18H16ClN3O4S. The van der Waals surface area contributed by atoms with E-state index in [0.717, 1.165) is 17.3 Å². The van der Waals surface area contributed by atoms with E-state index >= 15 is 0 Å². The number of hydrogen-bond acceptors (Lipinski definition) is 7. The molecule has 0 spiro atoms. The summed E-state index contributed by atoms with van der Waals surface area (Å²) in [6.45, 7) is 3.43. The van der Waals surface area contributed by atoms with E-state index in [1.807, 2.05) is 0 Å². The fourth-order valence-corrected chi connectivity index (χ4v) is 3.38. The standard InChI is InChI=1S/C18H16ClN3O4S/c1-9-14(17(24)25-3)10(2)20-15(9)13(23)8-27-18-22-21-16(26-18)11-4-6-12(19)7-5-11/h4-7,20H,8H2,1-3H3. The number of benzene rings is 1. The molecule has 27 heavy (non-hydrogen) atoms. The number of esters is 1. The van der Waals surface area contributed by atoms with Gasteiger partial charge in [-0.25, -0.2) is 4.79 Å². The Balaban J connectivity index is 1.70. The van der Waals surface area contributed by atoms with Gasteiger partial charge in [-0.15, -0.1) is 10.2 Å². The molecule has 0 aliphatic rings. The zero-order valence-corrected chi connectivity index (χ0v) is 16.4. The Bertz CT molecular complexity index is 995. The van der Waals surface area contributed by atoms with E-state index in [1.54, 1.807) is 38.1 Å². The maximum Gasteiger partial charge on any atom is 0.339 e. The molecule has 9 heteroatoms. The van der Waals surface area contributed by atoms with E-state index in [4.69, 9.17) is 20.8 Å². The van der Waals surface area contributed by atoms with Gasteiger partial charge in [0.25, 0.3) is 5.22 Å². The third kappa shape index (κ3) is 4.06. The minimum atomic E-state index is -0.475. The van der Waals surface area contributed by atoms with Crippen molar-refractivity contribution in [1.29, 1.82) is 0 Å². The molecule has 3 aromatic rings. The van der Waals surface area contributed by atoms with Crippen LogP contribution in [-0.4, -0.2) is 39.8 Å². The highest BCUT2D eigenvalue weighted by Gasteiger charge is 2.23. The topological polar surface area (TPSA) is 98.1 Å². The molecule has 0 aliphatic carbocycles. The number of carbonyl (C=O) groups excluding carboxylic acids is 2. The highest BCUT2D eigenvalue weighted by Crippen LogP contribution is 2.26. The van der Waals surface area contributed by atoms with Crippen LogP contribution < -0.4 is 0 Å². The Morgan fingerprint density at radius 2 is 1.93 bits per heavy atom. The summed E-state index contributed by atoms with van der Waals surface area (Å²) in [5.41, 5.74) is 2.66. The number of H-pyrrole nitrogens is 1. The van der Waals surface area contributed by atoms with E-state index in [1.165, 1.54) is 7.11 Å². The van der Waals surface area contributed by atoms with Gasteiger partial charge in [-0.3, -0.25) is 4.79 Å². The molecule has 1 N–H and O–H groups in total. The second kappa shape index (κ2) is 7.98. The smallest absolute Gasteiger partial charge is 0.339 e. The monoisotopic (exact) mass is 405 g/mol. The first-order chi connectivity index (χ1) is 12.9. The highest BCUT2D eigenvalue weighted by atomic mass is 35.5. The zero-order chi connectivity index (χ0) is 19.6. The molecule has 2 aromatic heterocycles. The van der Waals surface area contributed by atoms with Crippen LogP contribution in [0.1, 0.15) is 32.1 Å². The average molecular weight is 406 g/mol. The largest absolute Gasteiger partial charge is 0.465 e. The number of carbonyl (C=O) groups is 2. The quantitative estimate of drug-likeness (QED) is 0.374. The average Bonchev–Trinajstić information content (AvgIpc) is 3.24. The molecule has 0 bridgehead atoms. The first-order valence-electron chi connectivity index (χ1n) is 7.93. The van der Waals surface area contributed by atoms with E-state index in [-0.39, 0.29) is 16.8 Å².